The highest BCUT2D eigenvalue weighted by Crippen LogP contribution is 2.42. The molecule has 3 aromatic heterocycles. The Hall–Kier alpha value is -7.22. The molecular weight excluding hydrogens is 871 g/mol. The molecule has 0 fully saturated rings. The van der Waals surface area contributed by atoms with Crippen molar-refractivity contribution in [3.63, 3.8) is 0 Å². The van der Waals surface area contributed by atoms with Gasteiger partial charge in [0, 0.05) is 44.3 Å². The molecule has 334 valence electrons. The van der Waals surface area contributed by atoms with Crippen molar-refractivity contribution in [1.29, 1.82) is 0 Å². The van der Waals surface area contributed by atoms with Gasteiger partial charge >= 0.3 is 0 Å². The molecular formula is C52H36F10N4. The first-order valence-corrected chi connectivity index (χ1v) is 20.9. The van der Waals surface area contributed by atoms with Gasteiger partial charge in [-0.25, -0.2) is 53.9 Å². The fourth-order valence-electron chi connectivity index (χ4n) is 8.55. The Labute approximate surface area is 371 Å². The van der Waals surface area contributed by atoms with Gasteiger partial charge in [0.15, 0.2) is 46.5 Å². The molecule has 8 bridgehead atoms. The molecule has 0 saturated carbocycles. The van der Waals surface area contributed by atoms with E-state index in [4.69, 9.17) is 9.97 Å². The lowest BCUT2D eigenvalue weighted by Gasteiger charge is -2.11. The zero-order chi connectivity index (χ0) is 46.9. The molecule has 0 radical (unpaired) electrons. The molecule has 4 nitrogen and oxygen atoms in total. The highest BCUT2D eigenvalue weighted by atomic mass is 19.2. The molecule has 0 amide bonds. The predicted octanol–water partition coefficient (Wildman–Crippen LogP) is 15.1. The van der Waals surface area contributed by atoms with Crippen molar-refractivity contribution in [2.24, 2.45) is 11.8 Å². The summed E-state index contributed by atoms with van der Waals surface area (Å²) in [7, 11) is 0. The van der Waals surface area contributed by atoms with E-state index in [-0.39, 0.29) is 56.0 Å². The molecule has 0 aliphatic carbocycles. The minimum atomic E-state index is -2.35. The lowest BCUT2D eigenvalue weighted by molar-refractivity contribution is 0.381. The summed E-state index contributed by atoms with van der Waals surface area (Å²) in [5, 5.41) is 0. The number of hydrogen-bond donors (Lipinski definition) is 2. The van der Waals surface area contributed by atoms with Crippen LogP contribution in [0.1, 0.15) is 61.6 Å². The van der Waals surface area contributed by atoms with Crippen molar-refractivity contribution in [2.45, 2.75) is 40.5 Å². The summed E-state index contributed by atoms with van der Waals surface area (Å²) in [5.41, 5.74) is -0.0266. The molecule has 66 heavy (non-hydrogen) atoms. The van der Waals surface area contributed by atoms with Crippen molar-refractivity contribution in [3.8, 4) is 44.5 Å². The van der Waals surface area contributed by atoms with Crippen LogP contribution in [-0.2, 0) is 12.8 Å². The van der Waals surface area contributed by atoms with Crippen LogP contribution < -0.4 is 0 Å². The van der Waals surface area contributed by atoms with Crippen LogP contribution >= 0.6 is 0 Å². The van der Waals surface area contributed by atoms with E-state index in [1.165, 1.54) is 48.6 Å². The van der Waals surface area contributed by atoms with Crippen LogP contribution in [0.2, 0.25) is 0 Å². The first-order chi connectivity index (χ1) is 31.5. The third-order valence-corrected chi connectivity index (χ3v) is 11.4. The Kier molecular flexibility index (Phi) is 11.3. The van der Waals surface area contributed by atoms with E-state index in [0.717, 1.165) is 24.0 Å². The highest BCUT2D eigenvalue weighted by molar-refractivity contribution is 6.00. The predicted molar refractivity (Wildman–Crippen MR) is 237 cm³/mol. The average molecular weight is 907 g/mol. The summed E-state index contributed by atoms with van der Waals surface area (Å²) in [5.74, 6) is -21.2. The summed E-state index contributed by atoms with van der Waals surface area (Å²) in [6, 6.07) is 20.2. The zero-order valence-electron chi connectivity index (χ0n) is 35.5. The van der Waals surface area contributed by atoms with E-state index >= 15 is 35.1 Å². The molecule has 4 aromatic carbocycles. The highest BCUT2D eigenvalue weighted by Gasteiger charge is 2.32. The Balaban J connectivity index is 1.48. The maximum absolute atomic E-state index is 16.0. The third-order valence-electron chi connectivity index (χ3n) is 11.4. The summed E-state index contributed by atoms with van der Waals surface area (Å²) in [6.45, 7) is 8.16. The number of aromatic amines is 2. The van der Waals surface area contributed by atoms with Gasteiger partial charge in [-0.05, 0) is 95.5 Å². The quantitative estimate of drug-likeness (QED) is 0.0907. The topological polar surface area (TPSA) is 57.4 Å². The Morgan fingerprint density at radius 3 is 0.879 bits per heavy atom. The van der Waals surface area contributed by atoms with Gasteiger partial charge in [0.05, 0.1) is 33.9 Å². The number of nitrogens with one attached hydrogen (secondary N) is 2. The minimum Gasteiger partial charge on any atom is -0.354 e. The summed E-state index contributed by atoms with van der Waals surface area (Å²) < 4.78 is 153. The second-order valence-electron chi connectivity index (χ2n) is 17.0. The Morgan fingerprint density at radius 2 is 0.591 bits per heavy atom. The van der Waals surface area contributed by atoms with Crippen molar-refractivity contribution in [1.82, 2.24) is 19.9 Å². The second kappa shape index (κ2) is 17.0. The Morgan fingerprint density at radius 1 is 0.333 bits per heavy atom. The molecule has 14 heteroatoms. The van der Waals surface area contributed by atoms with Gasteiger partial charge in [-0.1, -0.05) is 76.2 Å². The van der Waals surface area contributed by atoms with Gasteiger partial charge in [-0.15, -0.1) is 0 Å². The zero-order valence-corrected chi connectivity index (χ0v) is 35.5. The van der Waals surface area contributed by atoms with Crippen molar-refractivity contribution < 1.29 is 43.9 Å². The van der Waals surface area contributed by atoms with Gasteiger partial charge in [-0.3, -0.25) is 0 Å². The van der Waals surface area contributed by atoms with E-state index in [9.17, 15) is 8.78 Å². The van der Waals surface area contributed by atoms with Crippen LogP contribution in [0.4, 0.5) is 43.9 Å². The van der Waals surface area contributed by atoms with E-state index in [2.05, 4.69) is 9.97 Å². The Bertz CT molecular complexity index is 3080. The summed E-state index contributed by atoms with van der Waals surface area (Å²) in [4.78, 5) is 15.7. The van der Waals surface area contributed by atoms with Gasteiger partial charge in [-0.2, -0.15) is 0 Å². The number of rotatable bonds is 8. The van der Waals surface area contributed by atoms with Crippen LogP contribution in [0.25, 0.3) is 90.9 Å². The number of hydrogen-bond acceptors (Lipinski definition) is 2. The van der Waals surface area contributed by atoms with Crippen molar-refractivity contribution >= 4 is 46.4 Å². The van der Waals surface area contributed by atoms with Gasteiger partial charge in [0.2, 0.25) is 11.6 Å². The summed E-state index contributed by atoms with van der Waals surface area (Å²) >= 11 is 0. The maximum atomic E-state index is 16.0. The normalized spacial score (nSPS) is 12.4. The first kappa shape index (κ1) is 44.0. The average Bonchev–Trinajstić information content (AvgIpc) is 4.15. The lowest BCUT2D eigenvalue weighted by atomic mass is 9.98. The number of halogens is 10. The summed E-state index contributed by atoms with van der Waals surface area (Å²) in [6.07, 6.45) is 7.03. The van der Waals surface area contributed by atoms with E-state index in [1.807, 2.05) is 52.0 Å². The number of nitrogens with zero attached hydrogens (tertiary/aromatic N) is 2. The molecule has 0 unspecified atom stereocenters. The molecule has 0 spiro atoms. The third kappa shape index (κ3) is 7.57. The van der Waals surface area contributed by atoms with E-state index in [1.54, 1.807) is 24.3 Å². The smallest absolute Gasteiger partial charge is 0.200 e. The molecule has 0 saturated heterocycles. The van der Waals surface area contributed by atoms with Crippen LogP contribution in [0, 0.1) is 70.0 Å². The number of aromatic nitrogens is 4. The van der Waals surface area contributed by atoms with E-state index < -0.39 is 80.4 Å². The maximum Gasteiger partial charge on any atom is 0.200 e. The number of H-pyrrole nitrogens is 2. The van der Waals surface area contributed by atoms with Gasteiger partial charge in [0.1, 0.15) is 0 Å². The first-order valence-electron chi connectivity index (χ1n) is 20.9. The SMILES string of the molecule is CC(C)Cc1ccc(-c2c3nc(c(-c4c(F)c(F)c(F)c(F)c4F)c4ccc([nH]4)c(-c4ccc(CC(C)C)cc4)c4nc(c(-c5c(F)c(F)c(F)c(F)c5F)c5ccc2[nH]5)C=C4)C=C3)cc1. The number of benzene rings is 4. The van der Waals surface area contributed by atoms with Gasteiger partial charge < -0.3 is 9.97 Å². The second-order valence-corrected chi connectivity index (χ2v) is 17.0. The number of fused-ring (bicyclic) bond motifs is 8. The van der Waals surface area contributed by atoms with Crippen LogP contribution in [-0.4, -0.2) is 19.9 Å². The standard InChI is InChI=1S/C52H36F10N4/c1-23(2)21-25-5-9-27(10-6-25)37-29-13-17-33(63-29)39(41-43(53)47(57)51(61)48(58)44(41)54)35-19-15-31(65-35)38(28-11-7-26(8-12-28)22-24(3)4)32-16-20-36(66-32)40(34-18-14-30(37)64-34)42-45(55)49(59)52(62)50(60)46(42)56/h5-20,23-24,63,66H,21-22H2,1-4H3. The largest absolute Gasteiger partial charge is 0.354 e. The molecule has 2 N–H and O–H groups in total. The van der Waals surface area contributed by atoms with E-state index in [0.29, 0.717) is 23.0 Å². The van der Waals surface area contributed by atoms with Crippen LogP contribution in [0.15, 0.2) is 72.8 Å². The fourth-order valence-corrected chi connectivity index (χ4v) is 8.55. The minimum absolute atomic E-state index is 0.107. The molecule has 0 atom stereocenters. The lowest BCUT2D eigenvalue weighted by Crippen LogP contribution is -2.05. The van der Waals surface area contributed by atoms with Crippen LogP contribution in [0.3, 0.4) is 0 Å². The molecule has 2 aliphatic rings. The molecule has 7 aromatic rings. The fraction of sp³-hybridized carbons (Fsp3) is 0.154. The monoisotopic (exact) mass is 906 g/mol. The molecule has 9 rings (SSSR count). The molecule has 2 aliphatic heterocycles. The van der Waals surface area contributed by atoms with Gasteiger partial charge in [0.25, 0.3) is 0 Å². The van der Waals surface area contributed by atoms with Crippen molar-refractivity contribution in [2.75, 3.05) is 0 Å². The van der Waals surface area contributed by atoms with Crippen LogP contribution in [0.5, 0.6) is 0 Å². The van der Waals surface area contributed by atoms with Crippen molar-refractivity contribution in [3.05, 3.63) is 165 Å². The molecule has 5 heterocycles.